The molecule has 0 fully saturated rings. The number of aromatic amines is 1. The monoisotopic (exact) mass is 493 g/mol. The third kappa shape index (κ3) is 6.49. The number of amides is 2. The lowest BCUT2D eigenvalue weighted by molar-refractivity contribution is -0.114. The maximum absolute atomic E-state index is 12.8. The Morgan fingerprint density at radius 2 is 1.83 bits per heavy atom. The van der Waals surface area contributed by atoms with Gasteiger partial charge in [-0.05, 0) is 30.3 Å². The summed E-state index contributed by atoms with van der Waals surface area (Å²) in [5.74, 6) is 0.563. The number of nitrogens with zero attached hydrogens (tertiary/aromatic N) is 2. The molecule has 4 rings (SSSR count). The number of carbonyl (C=O) groups excluding carboxylic acids is 2. The normalized spacial score (nSPS) is 13.1. The highest BCUT2D eigenvalue weighted by Gasteiger charge is 2.22. The van der Waals surface area contributed by atoms with Crippen molar-refractivity contribution in [2.75, 3.05) is 30.0 Å². The summed E-state index contributed by atoms with van der Waals surface area (Å²) in [6, 6.07) is 14.7. The number of anilines is 2. The average molecular weight is 494 g/mol. The molecule has 9 nitrogen and oxygen atoms in total. The van der Waals surface area contributed by atoms with Gasteiger partial charge in [0.1, 0.15) is 5.75 Å². The van der Waals surface area contributed by atoms with Crippen LogP contribution in [0.3, 0.4) is 0 Å². The van der Waals surface area contributed by atoms with Crippen molar-refractivity contribution in [3.05, 3.63) is 75.7 Å². The molecule has 0 saturated carbocycles. The van der Waals surface area contributed by atoms with E-state index in [1.165, 1.54) is 18.7 Å². The summed E-state index contributed by atoms with van der Waals surface area (Å²) in [5.41, 5.74) is 3.62. The minimum atomic E-state index is -0.217. The maximum atomic E-state index is 12.8. The fourth-order valence-electron chi connectivity index (χ4n) is 3.91. The van der Waals surface area contributed by atoms with Gasteiger partial charge in [0, 0.05) is 49.9 Å². The van der Waals surface area contributed by atoms with Crippen molar-refractivity contribution >= 4 is 35.0 Å². The zero-order valence-electron chi connectivity index (χ0n) is 19.6. The van der Waals surface area contributed by atoms with Crippen LogP contribution in [0.1, 0.15) is 23.7 Å². The lowest BCUT2D eigenvalue weighted by Gasteiger charge is -2.28. The maximum Gasteiger partial charge on any atom is 0.256 e. The van der Waals surface area contributed by atoms with Crippen molar-refractivity contribution in [1.82, 2.24) is 14.9 Å². The van der Waals surface area contributed by atoms with Crippen LogP contribution in [-0.4, -0.2) is 46.1 Å². The Morgan fingerprint density at radius 1 is 1.11 bits per heavy atom. The Bertz CT molecular complexity index is 1280. The van der Waals surface area contributed by atoms with Gasteiger partial charge >= 0.3 is 0 Å². The second-order valence-corrected chi connectivity index (χ2v) is 9.13. The molecule has 0 unspecified atom stereocenters. The van der Waals surface area contributed by atoms with Crippen molar-refractivity contribution in [1.29, 1.82) is 0 Å². The van der Waals surface area contributed by atoms with Gasteiger partial charge in [-0.25, -0.2) is 4.98 Å². The number of thioether (sulfide) groups is 1. The Hall–Kier alpha value is -3.63. The summed E-state index contributed by atoms with van der Waals surface area (Å²) in [6.45, 7) is 3.41. The minimum absolute atomic E-state index is 0.106. The van der Waals surface area contributed by atoms with Crippen LogP contribution in [0.4, 0.5) is 11.4 Å². The predicted molar refractivity (Wildman–Crippen MR) is 136 cm³/mol. The molecule has 1 aliphatic heterocycles. The molecule has 35 heavy (non-hydrogen) atoms. The Kier molecular flexibility index (Phi) is 7.84. The van der Waals surface area contributed by atoms with E-state index < -0.39 is 0 Å². The number of H-pyrrole nitrogens is 1. The predicted octanol–water partition coefficient (Wildman–Crippen LogP) is 3.03. The highest BCUT2D eigenvalue weighted by molar-refractivity contribution is 7.99. The fourth-order valence-corrected chi connectivity index (χ4v) is 4.59. The van der Waals surface area contributed by atoms with E-state index in [9.17, 15) is 14.4 Å². The molecular formula is C25H27N5O4S. The first-order valence-electron chi connectivity index (χ1n) is 11.2. The quantitative estimate of drug-likeness (QED) is 0.326. The first-order chi connectivity index (χ1) is 16.9. The smallest absolute Gasteiger partial charge is 0.256 e. The lowest BCUT2D eigenvalue weighted by atomic mass is 10.1. The number of hydrogen-bond donors (Lipinski definition) is 3. The van der Waals surface area contributed by atoms with Crippen molar-refractivity contribution in [2.45, 2.75) is 31.6 Å². The molecule has 2 amide bonds. The SMILES string of the molecule is COc1ccccc1CN1CCc2nc(SCC(=O)Nc3ccc(NC(C)=O)cc3)[nH]c(=O)c2C1. The lowest BCUT2D eigenvalue weighted by Crippen LogP contribution is -2.35. The molecule has 0 atom stereocenters. The molecule has 0 radical (unpaired) electrons. The average Bonchev–Trinajstić information content (AvgIpc) is 2.84. The van der Waals surface area contributed by atoms with Gasteiger partial charge in [0.25, 0.3) is 5.56 Å². The topological polar surface area (TPSA) is 116 Å². The van der Waals surface area contributed by atoms with Crippen molar-refractivity contribution in [3.63, 3.8) is 0 Å². The number of hydrogen-bond acceptors (Lipinski definition) is 7. The summed E-state index contributed by atoms with van der Waals surface area (Å²) in [4.78, 5) is 45.8. The summed E-state index contributed by atoms with van der Waals surface area (Å²) in [6.07, 6.45) is 0.662. The number of rotatable bonds is 8. The van der Waals surface area contributed by atoms with E-state index in [2.05, 4.69) is 25.5 Å². The number of methoxy groups -OCH3 is 1. The van der Waals surface area contributed by atoms with Crippen molar-refractivity contribution in [2.24, 2.45) is 0 Å². The number of carbonyl (C=O) groups is 2. The molecule has 2 aromatic carbocycles. The van der Waals surface area contributed by atoms with Crippen LogP contribution in [0.5, 0.6) is 5.75 Å². The molecule has 1 aromatic heterocycles. The van der Waals surface area contributed by atoms with E-state index in [-0.39, 0.29) is 23.1 Å². The molecule has 0 aliphatic carbocycles. The Labute approximate surface area is 207 Å². The molecule has 182 valence electrons. The van der Waals surface area contributed by atoms with E-state index in [4.69, 9.17) is 4.74 Å². The van der Waals surface area contributed by atoms with E-state index >= 15 is 0 Å². The van der Waals surface area contributed by atoms with Crippen LogP contribution in [0, 0.1) is 0 Å². The molecule has 0 saturated heterocycles. The summed E-state index contributed by atoms with van der Waals surface area (Å²) in [7, 11) is 1.66. The summed E-state index contributed by atoms with van der Waals surface area (Å²) in [5, 5.41) is 5.91. The van der Waals surface area contributed by atoms with Gasteiger partial charge in [0.15, 0.2) is 5.16 Å². The molecule has 10 heteroatoms. The van der Waals surface area contributed by atoms with Crippen LogP contribution < -0.4 is 20.9 Å². The molecule has 1 aliphatic rings. The number of para-hydroxylation sites is 1. The number of fused-ring (bicyclic) bond motifs is 1. The van der Waals surface area contributed by atoms with Gasteiger partial charge < -0.3 is 20.4 Å². The minimum Gasteiger partial charge on any atom is -0.496 e. The van der Waals surface area contributed by atoms with Crippen molar-refractivity contribution in [3.8, 4) is 5.75 Å². The third-order valence-electron chi connectivity index (χ3n) is 5.54. The standard InChI is InChI=1S/C25H27N5O4S/c1-16(31)26-18-7-9-19(10-8-18)27-23(32)15-35-25-28-21-11-12-30(14-20(21)24(33)29-25)13-17-5-3-4-6-22(17)34-2/h3-10H,11-15H2,1-2H3,(H,26,31)(H,27,32)(H,28,29,33). The zero-order chi connectivity index (χ0) is 24.8. The van der Waals surface area contributed by atoms with E-state index in [0.717, 1.165) is 23.6 Å². The largest absolute Gasteiger partial charge is 0.496 e. The first kappa shape index (κ1) is 24.5. The number of aromatic nitrogens is 2. The van der Waals surface area contributed by atoms with Crippen LogP contribution in [0.2, 0.25) is 0 Å². The van der Waals surface area contributed by atoms with Gasteiger partial charge in [0.2, 0.25) is 11.8 Å². The van der Waals surface area contributed by atoms with Gasteiger partial charge in [-0.3, -0.25) is 19.3 Å². The zero-order valence-corrected chi connectivity index (χ0v) is 20.4. The van der Waals surface area contributed by atoms with Crippen molar-refractivity contribution < 1.29 is 14.3 Å². The fraction of sp³-hybridized carbons (Fsp3) is 0.280. The van der Waals surface area contributed by atoms with Crippen LogP contribution in [0.25, 0.3) is 0 Å². The van der Waals surface area contributed by atoms with E-state index in [0.29, 0.717) is 41.6 Å². The number of nitrogens with one attached hydrogen (secondary N) is 3. The van der Waals surface area contributed by atoms with Gasteiger partial charge in [-0.1, -0.05) is 30.0 Å². The molecular weight excluding hydrogens is 466 g/mol. The van der Waals surface area contributed by atoms with Gasteiger partial charge in [0.05, 0.1) is 24.1 Å². The molecule has 0 spiro atoms. The van der Waals surface area contributed by atoms with Crippen LogP contribution >= 0.6 is 11.8 Å². The van der Waals surface area contributed by atoms with Crippen LogP contribution in [0.15, 0.2) is 58.5 Å². The Balaban J connectivity index is 1.34. The summed E-state index contributed by atoms with van der Waals surface area (Å²) >= 11 is 1.19. The van der Waals surface area contributed by atoms with Gasteiger partial charge in [-0.15, -0.1) is 0 Å². The van der Waals surface area contributed by atoms with Crippen LogP contribution in [-0.2, 0) is 29.1 Å². The highest BCUT2D eigenvalue weighted by Crippen LogP contribution is 2.23. The first-order valence-corrected chi connectivity index (χ1v) is 12.2. The van der Waals surface area contributed by atoms with Gasteiger partial charge in [-0.2, -0.15) is 0 Å². The molecule has 3 aromatic rings. The molecule has 3 N–H and O–H groups in total. The number of ether oxygens (including phenoxy) is 1. The molecule has 2 heterocycles. The third-order valence-corrected chi connectivity index (χ3v) is 6.41. The van der Waals surface area contributed by atoms with E-state index in [1.807, 2.05) is 24.3 Å². The second-order valence-electron chi connectivity index (χ2n) is 8.16. The second kappa shape index (κ2) is 11.2. The summed E-state index contributed by atoms with van der Waals surface area (Å²) < 4.78 is 5.44. The van der Waals surface area contributed by atoms with E-state index in [1.54, 1.807) is 31.4 Å². The highest BCUT2D eigenvalue weighted by atomic mass is 32.2. The Morgan fingerprint density at radius 3 is 2.54 bits per heavy atom. The molecule has 0 bridgehead atoms. The number of benzene rings is 2.